The Morgan fingerprint density at radius 2 is 2.06 bits per heavy atom. The molecule has 9 nitrogen and oxygen atoms in total. The first-order chi connectivity index (χ1) is 15.3. The van der Waals surface area contributed by atoms with Crippen LogP contribution in [0.2, 0.25) is 5.02 Å². The molecule has 0 radical (unpaired) electrons. The Kier molecular flexibility index (Phi) is 5.91. The number of aryl methyl sites for hydroxylation is 2. The molecule has 10 heteroatoms. The van der Waals surface area contributed by atoms with Crippen LogP contribution in [0.25, 0.3) is 22.0 Å². The average molecular weight is 456 g/mol. The van der Waals surface area contributed by atoms with Gasteiger partial charge in [0.1, 0.15) is 6.61 Å². The lowest BCUT2D eigenvalue weighted by atomic mass is 10.1. The summed E-state index contributed by atoms with van der Waals surface area (Å²) >= 11 is 6.39. The van der Waals surface area contributed by atoms with Crippen LogP contribution in [0.1, 0.15) is 24.1 Å². The number of ether oxygens (including phenoxy) is 1. The maximum atomic E-state index is 12.2. The van der Waals surface area contributed by atoms with Crippen molar-refractivity contribution in [3.05, 3.63) is 79.4 Å². The minimum Gasteiger partial charge on any atom is -0.459 e. The van der Waals surface area contributed by atoms with E-state index in [1.54, 1.807) is 0 Å². The summed E-state index contributed by atoms with van der Waals surface area (Å²) in [6.07, 6.45) is 0.387. The molecule has 0 atom stereocenters. The van der Waals surface area contributed by atoms with Gasteiger partial charge in [-0.3, -0.25) is 19.5 Å². The maximum absolute atomic E-state index is 12.2. The highest BCUT2D eigenvalue weighted by Gasteiger charge is 2.15. The number of rotatable bonds is 7. The van der Waals surface area contributed by atoms with Gasteiger partial charge in [0.2, 0.25) is 0 Å². The first kappa shape index (κ1) is 21.5. The summed E-state index contributed by atoms with van der Waals surface area (Å²) in [5.74, 6) is -1.10. The van der Waals surface area contributed by atoms with Gasteiger partial charge in [0.05, 0.1) is 32.7 Å². The molecule has 0 unspecified atom stereocenters. The zero-order valence-electron chi connectivity index (χ0n) is 17.0. The largest absolute Gasteiger partial charge is 0.459 e. The predicted molar refractivity (Wildman–Crippen MR) is 118 cm³/mol. The van der Waals surface area contributed by atoms with Crippen molar-refractivity contribution in [1.82, 2.24) is 9.55 Å². The van der Waals surface area contributed by atoms with E-state index < -0.39 is 16.6 Å². The number of carbonyl (C=O) groups excluding carboxylic acids is 1. The van der Waals surface area contributed by atoms with E-state index in [1.165, 1.54) is 22.8 Å². The smallest absolute Gasteiger partial charge is 0.419 e. The second kappa shape index (κ2) is 8.80. The molecule has 0 bridgehead atoms. The van der Waals surface area contributed by atoms with Gasteiger partial charge in [-0.05, 0) is 31.0 Å². The Hall–Kier alpha value is -3.72. The molecule has 0 spiro atoms. The highest BCUT2D eigenvalue weighted by atomic mass is 35.5. The van der Waals surface area contributed by atoms with E-state index in [1.807, 2.05) is 31.2 Å². The number of hydrogen-bond acceptors (Lipinski definition) is 7. The molecule has 0 fully saturated rings. The Morgan fingerprint density at radius 3 is 2.84 bits per heavy atom. The standard InChI is InChI=1S/C22H18ClN3O6/c1-13-15-5-2-3-6-16(15)24-17(21(13)23)12-31-20(27)7-4-10-25-18-9-8-14(26(29)30)11-19(18)32-22(25)28/h2-3,5-6,8-9,11H,4,7,10,12H2,1H3. The number of nitro benzene ring substituents is 1. The van der Waals surface area contributed by atoms with Crippen LogP contribution in [-0.2, 0) is 22.7 Å². The molecular formula is C22H18ClN3O6. The van der Waals surface area contributed by atoms with Gasteiger partial charge < -0.3 is 9.15 Å². The number of carbonyl (C=O) groups is 1. The maximum Gasteiger partial charge on any atom is 0.419 e. The van der Waals surface area contributed by atoms with E-state index in [0.717, 1.165) is 16.5 Å². The summed E-state index contributed by atoms with van der Waals surface area (Å²) in [7, 11) is 0. The molecular weight excluding hydrogens is 438 g/mol. The third-order valence-corrected chi connectivity index (χ3v) is 5.64. The van der Waals surface area contributed by atoms with Crippen LogP contribution in [-0.4, -0.2) is 20.4 Å². The third kappa shape index (κ3) is 4.19. The molecule has 0 aliphatic carbocycles. The van der Waals surface area contributed by atoms with Gasteiger partial charge in [-0.2, -0.15) is 0 Å². The normalized spacial score (nSPS) is 11.2. The number of non-ortho nitro benzene ring substituents is 1. The van der Waals surface area contributed by atoms with E-state index in [2.05, 4.69) is 4.98 Å². The number of aromatic nitrogens is 2. The lowest BCUT2D eigenvalue weighted by molar-refractivity contribution is -0.384. The van der Waals surface area contributed by atoms with E-state index in [0.29, 0.717) is 22.7 Å². The molecule has 0 N–H and O–H groups in total. The first-order valence-corrected chi connectivity index (χ1v) is 10.2. The molecule has 164 valence electrons. The molecule has 0 saturated carbocycles. The first-order valence-electron chi connectivity index (χ1n) is 9.82. The fourth-order valence-electron chi connectivity index (χ4n) is 3.50. The number of esters is 1. The number of fused-ring (bicyclic) bond motifs is 2. The van der Waals surface area contributed by atoms with Crippen LogP contribution in [0.5, 0.6) is 0 Å². The van der Waals surface area contributed by atoms with Crippen molar-refractivity contribution in [3.8, 4) is 0 Å². The van der Waals surface area contributed by atoms with Crippen LogP contribution in [0.3, 0.4) is 0 Å². The third-order valence-electron chi connectivity index (χ3n) is 5.14. The second-order valence-electron chi connectivity index (χ2n) is 7.21. The molecule has 0 amide bonds. The van der Waals surface area contributed by atoms with Gasteiger partial charge in [-0.25, -0.2) is 9.78 Å². The minimum absolute atomic E-state index is 0.0540. The van der Waals surface area contributed by atoms with Gasteiger partial charge in [0.25, 0.3) is 5.69 Å². The number of nitrogens with zero attached hydrogens (tertiary/aromatic N) is 3. The van der Waals surface area contributed by atoms with Crippen molar-refractivity contribution in [2.24, 2.45) is 0 Å². The van der Waals surface area contributed by atoms with E-state index >= 15 is 0 Å². The summed E-state index contributed by atoms with van der Waals surface area (Å²) in [4.78, 5) is 39.0. The molecule has 0 aliphatic rings. The highest BCUT2D eigenvalue weighted by molar-refractivity contribution is 6.32. The Bertz CT molecular complexity index is 1410. The Balaban J connectivity index is 1.38. The Morgan fingerprint density at radius 1 is 1.28 bits per heavy atom. The van der Waals surface area contributed by atoms with Gasteiger partial charge in [0, 0.05) is 24.4 Å². The summed E-state index contributed by atoms with van der Waals surface area (Å²) in [6, 6.07) is 11.5. The molecule has 2 aromatic heterocycles. The average Bonchev–Trinajstić information content (AvgIpc) is 3.09. The lowest BCUT2D eigenvalue weighted by Crippen LogP contribution is -2.15. The SMILES string of the molecule is Cc1c(Cl)c(COC(=O)CCCn2c(=O)oc3cc([N+](=O)[O-])ccc32)nc2ccccc12. The van der Waals surface area contributed by atoms with Crippen LogP contribution in [0.4, 0.5) is 5.69 Å². The molecule has 32 heavy (non-hydrogen) atoms. The molecule has 2 aromatic carbocycles. The highest BCUT2D eigenvalue weighted by Crippen LogP contribution is 2.27. The van der Waals surface area contributed by atoms with Crippen LogP contribution in [0.15, 0.2) is 51.7 Å². The van der Waals surface area contributed by atoms with Crippen molar-refractivity contribution >= 4 is 45.3 Å². The fourth-order valence-corrected chi connectivity index (χ4v) is 3.69. The molecule has 4 rings (SSSR count). The van der Waals surface area contributed by atoms with Crippen LogP contribution >= 0.6 is 11.6 Å². The van der Waals surface area contributed by atoms with Gasteiger partial charge in [0.15, 0.2) is 5.58 Å². The number of hydrogen-bond donors (Lipinski definition) is 0. The van der Waals surface area contributed by atoms with Gasteiger partial charge in [-0.15, -0.1) is 0 Å². The quantitative estimate of drug-likeness (QED) is 0.228. The fraction of sp³-hybridized carbons (Fsp3) is 0.227. The number of halogens is 1. The van der Waals surface area contributed by atoms with E-state index in [9.17, 15) is 19.7 Å². The Labute approximate surface area is 186 Å². The number of oxazole rings is 1. The topological polar surface area (TPSA) is 117 Å². The number of nitro groups is 1. The number of benzene rings is 2. The van der Waals surface area contributed by atoms with Crippen molar-refractivity contribution in [2.45, 2.75) is 32.9 Å². The number of pyridine rings is 1. The molecule has 2 heterocycles. The van der Waals surface area contributed by atoms with Gasteiger partial charge >= 0.3 is 11.7 Å². The van der Waals surface area contributed by atoms with Crippen LogP contribution in [0, 0.1) is 17.0 Å². The molecule has 0 saturated heterocycles. The molecule has 4 aromatic rings. The zero-order chi connectivity index (χ0) is 22.8. The van der Waals surface area contributed by atoms with Crippen molar-refractivity contribution in [2.75, 3.05) is 0 Å². The second-order valence-corrected chi connectivity index (χ2v) is 7.59. The summed E-state index contributed by atoms with van der Waals surface area (Å²) in [5, 5.41) is 12.3. The van der Waals surface area contributed by atoms with E-state index in [4.69, 9.17) is 20.8 Å². The zero-order valence-corrected chi connectivity index (χ0v) is 17.8. The summed E-state index contributed by atoms with van der Waals surface area (Å²) < 4.78 is 11.7. The van der Waals surface area contributed by atoms with Crippen molar-refractivity contribution in [1.29, 1.82) is 0 Å². The van der Waals surface area contributed by atoms with Crippen molar-refractivity contribution in [3.63, 3.8) is 0 Å². The summed E-state index contributed by atoms with van der Waals surface area (Å²) in [5.41, 5.74) is 2.51. The number of para-hydroxylation sites is 1. The molecule has 0 aliphatic heterocycles. The van der Waals surface area contributed by atoms with Crippen LogP contribution < -0.4 is 5.76 Å². The predicted octanol–water partition coefficient (Wildman–Crippen LogP) is 4.54. The minimum atomic E-state index is -0.642. The van der Waals surface area contributed by atoms with Gasteiger partial charge in [-0.1, -0.05) is 29.8 Å². The van der Waals surface area contributed by atoms with Crippen molar-refractivity contribution < 1.29 is 18.9 Å². The monoisotopic (exact) mass is 455 g/mol. The van der Waals surface area contributed by atoms with E-state index in [-0.39, 0.29) is 30.8 Å². The lowest BCUT2D eigenvalue weighted by Gasteiger charge is -2.10. The summed E-state index contributed by atoms with van der Waals surface area (Å²) in [6.45, 7) is 2.04.